The van der Waals surface area contributed by atoms with Crippen molar-refractivity contribution < 1.29 is 66.5 Å². The molecule has 0 amide bonds. The van der Waals surface area contributed by atoms with Crippen LogP contribution in [0.5, 0.6) is 28.7 Å². The van der Waals surface area contributed by atoms with Crippen molar-refractivity contribution in [3.63, 3.8) is 0 Å². The summed E-state index contributed by atoms with van der Waals surface area (Å²) in [5.41, 5.74) is -0.817. The normalized spacial score (nSPS) is 14.0. The molecular weight excluding hydrogens is 996 g/mol. The molecule has 0 aliphatic heterocycles. The van der Waals surface area contributed by atoms with Crippen molar-refractivity contribution in [2.45, 2.75) is 80.5 Å². The molecule has 0 fully saturated rings. The summed E-state index contributed by atoms with van der Waals surface area (Å²) in [7, 11) is -4.52. The third kappa shape index (κ3) is 23.2. The monoisotopic (exact) mass is 1070 g/mol. The molecule has 0 aromatic heterocycles. The molecule has 0 radical (unpaired) electrons. The second-order valence-corrected chi connectivity index (χ2v) is 21.9. The number of thioether (sulfide) groups is 1. The zero-order valence-corrected chi connectivity index (χ0v) is 45.1. The van der Waals surface area contributed by atoms with Gasteiger partial charge in [0.25, 0.3) is 0 Å². The highest BCUT2D eigenvalue weighted by Crippen LogP contribution is 2.50. The number of hydrogen-bond donors (Lipinski definition) is 2. The van der Waals surface area contributed by atoms with E-state index in [4.69, 9.17) is 52.1 Å². The van der Waals surface area contributed by atoms with Crippen molar-refractivity contribution in [2.24, 2.45) is 0 Å². The molecule has 0 heterocycles. The lowest BCUT2D eigenvalue weighted by Gasteiger charge is -2.33. The van der Waals surface area contributed by atoms with Gasteiger partial charge in [0.1, 0.15) is 92.3 Å². The van der Waals surface area contributed by atoms with Gasteiger partial charge in [-0.05, 0) is 107 Å². The van der Waals surface area contributed by atoms with Crippen LogP contribution in [-0.4, -0.2) is 123 Å². The highest BCUT2D eigenvalue weighted by molar-refractivity contribution is 7.99. The molecule has 6 rings (SSSR count). The number of hydrogen-bond acceptors (Lipinski definition) is 13. The van der Waals surface area contributed by atoms with Crippen LogP contribution in [-0.2, 0) is 33.0 Å². The first-order valence-electron chi connectivity index (χ1n) is 25.2. The Kier molecular flexibility index (Phi) is 24.8. The Hall–Kier alpha value is -5.42. The molecule has 6 aromatic rings. The Balaban J connectivity index is 1.17. The van der Waals surface area contributed by atoms with E-state index in [0.717, 1.165) is 10.6 Å². The van der Waals surface area contributed by atoms with Gasteiger partial charge in [-0.3, -0.25) is 4.57 Å². The summed E-state index contributed by atoms with van der Waals surface area (Å²) in [6, 6.07) is 57.8. The Morgan fingerprint density at radius 1 is 0.413 bits per heavy atom. The van der Waals surface area contributed by atoms with Gasteiger partial charge in [-0.2, -0.15) is 0 Å². The molecule has 5 unspecified atom stereocenters. The van der Waals surface area contributed by atoms with Crippen molar-refractivity contribution in [1.82, 2.24) is 0 Å². The molecule has 16 heteroatoms. The van der Waals surface area contributed by atoms with Crippen molar-refractivity contribution in [3.05, 3.63) is 182 Å². The van der Waals surface area contributed by atoms with Crippen LogP contribution in [0.2, 0.25) is 0 Å². The number of benzene rings is 6. The van der Waals surface area contributed by atoms with Crippen LogP contribution in [0.1, 0.15) is 34.1 Å². The summed E-state index contributed by atoms with van der Waals surface area (Å²) in [6.45, 7) is 7.96. The third-order valence-corrected chi connectivity index (χ3v) is 14.2. The van der Waals surface area contributed by atoms with Gasteiger partial charge in [-0.1, -0.05) is 109 Å². The summed E-state index contributed by atoms with van der Waals surface area (Å²) < 4.78 is 82.3. The Bertz CT molecular complexity index is 2410. The third-order valence-electron chi connectivity index (χ3n) is 11.5. The van der Waals surface area contributed by atoms with Gasteiger partial charge in [0.2, 0.25) is 0 Å². The topological polar surface area (TPSA) is 159 Å². The summed E-state index contributed by atoms with van der Waals surface area (Å²) in [6.07, 6.45) is -2.31. The van der Waals surface area contributed by atoms with E-state index in [1.165, 1.54) is 13.8 Å². The molecule has 0 saturated carbocycles. The summed E-state index contributed by atoms with van der Waals surface area (Å²) in [4.78, 5) is 20.8. The standard InChI is InChI=1S/C59H73O14PS/c1-58(2,35-36-72-59(3,4)74(60,61)62)73-55(43-66-50-29-17-8-18-30-50)44-70-53(38-64-48-25-13-6-14-26-48)41-68-52(37-63-47-23-11-5-12-24-47)40-69-54(39-65-49-27-15-7-16-28-49)42-71-56(45-67-51-31-19-9-20-32-51)46-75-57-33-21-10-22-34-57/h5-34,52-56H,35-46H2,1-4H3,(H2,60,61,62). The van der Waals surface area contributed by atoms with Crippen LogP contribution in [0.3, 0.4) is 0 Å². The molecule has 6 aromatic carbocycles. The van der Waals surface area contributed by atoms with Crippen LogP contribution >= 0.6 is 19.4 Å². The minimum atomic E-state index is -4.52. The second kappa shape index (κ2) is 31.6. The van der Waals surface area contributed by atoms with Crippen LogP contribution in [0.4, 0.5) is 0 Å². The lowest BCUT2D eigenvalue weighted by molar-refractivity contribution is -0.152. The van der Waals surface area contributed by atoms with Gasteiger partial charge >= 0.3 is 7.60 Å². The number of ether oxygens (including phenoxy) is 11. The quantitative estimate of drug-likeness (QED) is 0.0280. The molecule has 75 heavy (non-hydrogen) atoms. The molecule has 2 N–H and O–H groups in total. The van der Waals surface area contributed by atoms with E-state index in [1.807, 2.05) is 184 Å². The maximum absolute atomic E-state index is 12.1. The first-order chi connectivity index (χ1) is 36.3. The van der Waals surface area contributed by atoms with Crippen molar-refractivity contribution in [2.75, 3.05) is 71.8 Å². The maximum Gasteiger partial charge on any atom is 0.356 e. The second-order valence-electron chi connectivity index (χ2n) is 18.7. The predicted octanol–water partition coefficient (Wildman–Crippen LogP) is 11.2. The molecule has 14 nitrogen and oxygen atoms in total. The van der Waals surface area contributed by atoms with Gasteiger partial charge in [-0.25, -0.2) is 0 Å². The van der Waals surface area contributed by atoms with E-state index in [9.17, 15) is 14.4 Å². The van der Waals surface area contributed by atoms with Crippen molar-refractivity contribution in [3.8, 4) is 28.7 Å². The van der Waals surface area contributed by atoms with Crippen LogP contribution in [0, 0.1) is 0 Å². The van der Waals surface area contributed by atoms with Gasteiger partial charge in [0.15, 0.2) is 5.34 Å². The summed E-state index contributed by atoms with van der Waals surface area (Å²) in [5, 5.41) is -1.66. The minimum absolute atomic E-state index is 0.0378. The van der Waals surface area contributed by atoms with Gasteiger partial charge < -0.3 is 61.9 Å². The molecule has 0 aliphatic carbocycles. The molecule has 404 valence electrons. The highest BCUT2D eigenvalue weighted by Gasteiger charge is 2.39. The van der Waals surface area contributed by atoms with Gasteiger partial charge in [0.05, 0.1) is 38.6 Å². The van der Waals surface area contributed by atoms with E-state index in [2.05, 4.69) is 12.1 Å². The van der Waals surface area contributed by atoms with Gasteiger partial charge in [-0.15, -0.1) is 11.8 Å². The first kappa shape index (κ1) is 58.8. The fourth-order valence-electron chi connectivity index (χ4n) is 7.04. The summed E-state index contributed by atoms with van der Waals surface area (Å²) >= 11 is 1.69. The molecule has 0 bridgehead atoms. The molecule has 5 atom stereocenters. The SMILES string of the molecule is CC(C)(CCOC(C)(C)P(=O)(O)O)OC(COc1ccccc1)COC(COc1ccccc1)COC(COc1ccccc1)COC(COc1ccccc1)COC(COc1ccccc1)CSc1ccccc1. The zero-order chi connectivity index (χ0) is 53.0. The summed E-state index contributed by atoms with van der Waals surface area (Å²) in [5.74, 6) is 4.09. The van der Waals surface area contributed by atoms with E-state index in [1.54, 1.807) is 11.8 Å². The van der Waals surface area contributed by atoms with Crippen molar-refractivity contribution in [1.29, 1.82) is 0 Å². The fraction of sp³-hybridized carbons (Fsp3) is 0.390. The Labute approximate surface area is 447 Å². The molecular formula is C59H73O14PS. The first-order valence-corrected chi connectivity index (χ1v) is 27.8. The largest absolute Gasteiger partial charge is 0.491 e. The van der Waals surface area contributed by atoms with E-state index >= 15 is 0 Å². The predicted molar refractivity (Wildman–Crippen MR) is 291 cm³/mol. The molecule has 0 saturated heterocycles. The number of para-hydroxylation sites is 5. The smallest absolute Gasteiger partial charge is 0.356 e. The van der Waals surface area contributed by atoms with Crippen LogP contribution in [0.25, 0.3) is 0 Å². The lowest BCUT2D eigenvalue weighted by atomic mass is 10.1. The van der Waals surface area contributed by atoms with E-state index in [0.29, 0.717) is 41.8 Å². The average Bonchev–Trinajstić information content (AvgIpc) is 3.42. The lowest BCUT2D eigenvalue weighted by Crippen LogP contribution is -2.41. The van der Waals surface area contributed by atoms with Crippen molar-refractivity contribution >= 4 is 19.4 Å². The Morgan fingerprint density at radius 2 is 0.707 bits per heavy atom. The maximum atomic E-state index is 12.1. The van der Waals surface area contributed by atoms with Crippen LogP contribution < -0.4 is 23.7 Å². The van der Waals surface area contributed by atoms with E-state index < -0.39 is 43.0 Å². The Morgan fingerprint density at radius 3 is 1.05 bits per heavy atom. The molecule has 0 aliphatic rings. The van der Waals surface area contributed by atoms with Gasteiger partial charge in [0, 0.05) is 10.6 Å². The average molecular weight is 1070 g/mol. The van der Waals surface area contributed by atoms with Crippen LogP contribution in [0.15, 0.2) is 187 Å². The highest BCUT2D eigenvalue weighted by atomic mass is 32.2. The molecule has 0 spiro atoms. The van der Waals surface area contributed by atoms with E-state index in [-0.39, 0.29) is 65.6 Å². The zero-order valence-electron chi connectivity index (χ0n) is 43.3. The minimum Gasteiger partial charge on any atom is -0.491 e. The fourth-order valence-corrected chi connectivity index (χ4v) is 8.22. The number of rotatable bonds is 37.